The third-order valence-corrected chi connectivity index (χ3v) is 16.4. The molecule has 8 bridgehead atoms. The van der Waals surface area contributed by atoms with Crippen LogP contribution in [0.15, 0.2) is 97.1 Å². The SMILES string of the molecule is C=C(C)C(=O)OCCOc1c2cc(C(=O)CCCCC)cc1Cc1cc(C(=O)CCCCC)cc(c1OCCOC(=O)/C=C\C(=O)OCC)Cc1cc(C(=O)CCCCC)cc(c1OCCOC(=O)/C=C\C(=O)OCC)Cc1cc(C(=O)CCCCC)cc(c1OCCOC(=O)/C=C\C(=O)OCC)C2. The normalized spacial score (nSPS) is 11.7. The van der Waals surface area contributed by atoms with Crippen molar-refractivity contribution in [2.24, 2.45) is 0 Å². The molecule has 22 nitrogen and oxygen atoms in total. The molecule has 0 N–H and O–H groups in total. The summed E-state index contributed by atoms with van der Waals surface area (Å²) in [7, 11) is 0. The van der Waals surface area contributed by atoms with Crippen LogP contribution >= 0.6 is 0 Å². The van der Waals surface area contributed by atoms with E-state index in [2.05, 4.69) is 6.58 Å². The number of carbonyl (C=O) groups excluding carboxylic acids is 11. The first-order chi connectivity index (χ1) is 50.2. The summed E-state index contributed by atoms with van der Waals surface area (Å²) >= 11 is 0. The molecule has 1 aliphatic rings. The summed E-state index contributed by atoms with van der Waals surface area (Å²) in [5, 5.41) is 0. The average molecular weight is 1440 g/mol. The van der Waals surface area contributed by atoms with E-state index in [0.717, 1.165) is 87.8 Å². The molecule has 0 unspecified atom stereocenters. The van der Waals surface area contributed by atoms with E-state index in [0.29, 0.717) is 86.9 Å². The molecule has 0 atom stereocenters. The molecule has 0 spiro atoms. The van der Waals surface area contributed by atoms with Crippen LogP contribution in [0.3, 0.4) is 0 Å². The number of fused-ring (bicyclic) bond motifs is 8. The van der Waals surface area contributed by atoms with Gasteiger partial charge in [0.2, 0.25) is 0 Å². The monoisotopic (exact) mass is 1440 g/mol. The lowest BCUT2D eigenvalue weighted by atomic mass is 9.86. The highest BCUT2D eigenvalue weighted by Crippen LogP contribution is 2.42. The zero-order valence-electron chi connectivity index (χ0n) is 61.7. The van der Waals surface area contributed by atoms with Gasteiger partial charge >= 0.3 is 41.8 Å². The number of carbonyl (C=O) groups is 11. The van der Waals surface area contributed by atoms with E-state index in [9.17, 15) is 52.7 Å². The maximum atomic E-state index is 14.9. The standard InChI is InChI=1S/C82H102O22/c1-10-17-21-25-68(83)56-43-60-51-62-45-57(69(84)26-22-18-11-2)47-64(79(62)101-39-36-98-76(91)33-30-73(88)95-15-6)53-66-49-59(71(86)28-24-20-13-4)50-67(81(66)103-41-42-104-82(93)55(8)9)54-65-48-58(70(85)27-23-19-12-3)46-63(80(65)102-40-37-99-77(92)34-31-74(89)96-16-7)52-61(44-56)78(60)100-38-35-97-75(90)32-29-72(87)94-14-5/h29-34,43-50H,8,10-28,35-42,51-54H2,1-7,9H3/b32-29-,33-30-,34-31-. The highest BCUT2D eigenvalue weighted by molar-refractivity contribution is 6.00. The molecule has 22 heteroatoms. The van der Waals surface area contributed by atoms with Crippen LogP contribution in [-0.4, -0.2) is 138 Å². The van der Waals surface area contributed by atoms with Crippen LogP contribution in [0.2, 0.25) is 0 Å². The fourth-order valence-electron chi connectivity index (χ4n) is 11.4. The maximum absolute atomic E-state index is 14.9. The lowest BCUT2D eigenvalue weighted by molar-refractivity contribution is -0.140. The molecule has 562 valence electrons. The minimum Gasteiger partial charge on any atom is -0.489 e. The first-order valence-corrected chi connectivity index (χ1v) is 36.3. The largest absolute Gasteiger partial charge is 0.489 e. The van der Waals surface area contributed by atoms with E-state index in [4.69, 9.17) is 52.1 Å². The maximum Gasteiger partial charge on any atom is 0.333 e. The van der Waals surface area contributed by atoms with E-state index in [-0.39, 0.29) is 181 Å². The molecule has 0 fully saturated rings. The summed E-state index contributed by atoms with van der Waals surface area (Å²) in [4.78, 5) is 148. The Morgan fingerprint density at radius 1 is 0.298 bits per heavy atom. The molecule has 0 aromatic heterocycles. The van der Waals surface area contributed by atoms with Crippen LogP contribution in [0.5, 0.6) is 23.0 Å². The lowest BCUT2D eigenvalue weighted by Gasteiger charge is -2.25. The number of hydrogen-bond donors (Lipinski definition) is 0. The van der Waals surface area contributed by atoms with Crippen LogP contribution in [-0.2, 0) is 92.4 Å². The van der Waals surface area contributed by atoms with Crippen molar-refractivity contribution in [3.8, 4) is 23.0 Å². The van der Waals surface area contributed by atoms with Crippen LogP contribution in [0.1, 0.15) is 244 Å². The van der Waals surface area contributed by atoms with Crippen molar-refractivity contribution in [3.63, 3.8) is 0 Å². The summed E-state index contributed by atoms with van der Waals surface area (Å²) in [6.45, 7) is 16.1. The van der Waals surface area contributed by atoms with Crippen LogP contribution in [0.25, 0.3) is 0 Å². The Morgan fingerprint density at radius 2 is 0.500 bits per heavy atom. The number of unbranched alkanes of at least 4 members (excludes halogenated alkanes) is 8. The second kappa shape index (κ2) is 46.6. The third kappa shape index (κ3) is 29.0. The Kier molecular flexibility index (Phi) is 37.9. The Balaban J connectivity index is 2.00. The van der Waals surface area contributed by atoms with Gasteiger partial charge in [-0.05, 0) is 146 Å². The van der Waals surface area contributed by atoms with Gasteiger partial charge in [-0.15, -0.1) is 0 Å². The topological polar surface area (TPSA) is 289 Å². The van der Waals surface area contributed by atoms with E-state index in [1.165, 1.54) is 6.92 Å². The molecule has 0 saturated heterocycles. The summed E-state index contributed by atoms with van der Waals surface area (Å²) in [5.41, 5.74) is 4.51. The second-order valence-electron chi connectivity index (χ2n) is 24.8. The molecule has 0 heterocycles. The van der Waals surface area contributed by atoms with Crippen LogP contribution < -0.4 is 18.9 Å². The van der Waals surface area contributed by atoms with Gasteiger partial charge in [-0.2, -0.15) is 0 Å². The van der Waals surface area contributed by atoms with Crippen LogP contribution in [0.4, 0.5) is 0 Å². The highest BCUT2D eigenvalue weighted by Gasteiger charge is 2.28. The van der Waals surface area contributed by atoms with Gasteiger partial charge < -0.3 is 52.1 Å². The minimum atomic E-state index is -0.875. The van der Waals surface area contributed by atoms with Gasteiger partial charge in [0.25, 0.3) is 0 Å². The highest BCUT2D eigenvalue weighted by atomic mass is 16.6. The Labute approximate surface area is 610 Å². The number of hydrogen-bond acceptors (Lipinski definition) is 22. The van der Waals surface area contributed by atoms with Crippen molar-refractivity contribution in [1.82, 2.24) is 0 Å². The molecule has 0 aliphatic heterocycles. The van der Waals surface area contributed by atoms with Crippen molar-refractivity contribution < 1.29 is 105 Å². The van der Waals surface area contributed by atoms with Gasteiger partial charge in [-0.3, -0.25) is 19.2 Å². The molecule has 4 aromatic carbocycles. The molecule has 5 rings (SSSR count). The smallest absolute Gasteiger partial charge is 0.333 e. The van der Waals surface area contributed by atoms with Crippen molar-refractivity contribution >= 4 is 64.9 Å². The van der Waals surface area contributed by atoms with E-state index >= 15 is 0 Å². The van der Waals surface area contributed by atoms with Gasteiger partial charge in [-0.25, -0.2) is 33.6 Å². The Bertz CT molecular complexity index is 3560. The number of benzene rings is 4. The van der Waals surface area contributed by atoms with Gasteiger partial charge in [0.15, 0.2) is 23.1 Å². The number of esters is 7. The zero-order valence-corrected chi connectivity index (χ0v) is 61.7. The number of ketones is 4. The van der Waals surface area contributed by atoms with Crippen molar-refractivity contribution in [2.45, 2.75) is 184 Å². The number of Topliss-reactive ketones (excluding diaryl/α,β-unsaturated/α-hetero) is 4. The van der Waals surface area contributed by atoms with Crippen molar-refractivity contribution in [2.75, 3.05) is 72.7 Å². The third-order valence-electron chi connectivity index (χ3n) is 16.4. The molecular weight excluding hydrogens is 1340 g/mol. The van der Waals surface area contributed by atoms with E-state index < -0.39 is 41.8 Å². The molecule has 4 aromatic rings. The van der Waals surface area contributed by atoms with Gasteiger partial charge in [0.1, 0.15) is 75.9 Å². The molecule has 1 aliphatic carbocycles. The lowest BCUT2D eigenvalue weighted by Crippen LogP contribution is -2.17. The zero-order chi connectivity index (χ0) is 75.8. The predicted molar refractivity (Wildman–Crippen MR) is 389 cm³/mol. The molecular formula is C82H102O22. The van der Waals surface area contributed by atoms with Crippen molar-refractivity contribution in [1.29, 1.82) is 0 Å². The van der Waals surface area contributed by atoms with Crippen LogP contribution in [0, 0.1) is 0 Å². The summed E-state index contributed by atoms with van der Waals surface area (Å²) in [6.07, 6.45) is 14.4. The van der Waals surface area contributed by atoms with Gasteiger partial charge in [-0.1, -0.05) is 85.6 Å². The Morgan fingerprint density at radius 3 is 0.692 bits per heavy atom. The fourth-order valence-corrected chi connectivity index (χ4v) is 11.4. The summed E-state index contributed by atoms with van der Waals surface area (Å²) in [5.74, 6) is -5.50. The first-order valence-electron chi connectivity index (χ1n) is 36.3. The number of ether oxygens (including phenoxy) is 11. The van der Waals surface area contributed by atoms with Gasteiger partial charge in [0, 0.05) is 116 Å². The summed E-state index contributed by atoms with van der Waals surface area (Å²) in [6, 6.07) is 13.7. The van der Waals surface area contributed by atoms with Crippen molar-refractivity contribution in [3.05, 3.63) is 164 Å². The second-order valence-corrected chi connectivity index (χ2v) is 24.8. The average Bonchev–Trinajstić information content (AvgIpc) is 0.770. The summed E-state index contributed by atoms with van der Waals surface area (Å²) < 4.78 is 64.4. The quantitative estimate of drug-likeness (QED) is 0.0115. The molecule has 0 radical (unpaired) electrons. The molecule has 104 heavy (non-hydrogen) atoms. The van der Waals surface area contributed by atoms with E-state index in [1.807, 2.05) is 27.7 Å². The minimum absolute atomic E-state index is 0.0758. The predicted octanol–water partition coefficient (Wildman–Crippen LogP) is 14.0. The van der Waals surface area contributed by atoms with E-state index in [1.54, 1.807) is 69.3 Å². The number of rotatable bonds is 46. The Hall–Kier alpha value is -9.99. The molecule has 0 saturated carbocycles. The molecule has 0 amide bonds. The fraction of sp³-hybridized carbons (Fsp3) is 0.476. The van der Waals surface area contributed by atoms with Gasteiger partial charge in [0.05, 0.1) is 19.8 Å². The first kappa shape index (κ1) is 84.7.